The number of nitrogen functional groups attached to an aromatic ring is 1. The van der Waals surface area contributed by atoms with Gasteiger partial charge in [-0.25, -0.2) is 13.0 Å². The third-order valence-electron chi connectivity index (χ3n) is 2.64. The SMILES string of the molecule is Cc1ccc(S(=O)(=O)[O-])cc1.Cc1n(N)cc[n+]1C. The second kappa shape index (κ2) is 5.85. The molecule has 0 unspecified atom stereocenters. The van der Waals surface area contributed by atoms with Crippen molar-refractivity contribution in [3.05, 3.63) is 48.0 Å². The molecule has 0 atom stereocenters. The van der Waals surface area contributed by atoms with Crippen molar-refractivity contribution in [2.24, 2.45) is 7.05 Å². The third kappa shape index (κ3) is 4.38. The first kappa shape index (κ1) is 15.2. The van der Waals surface area contributed by atoms with Crippen molar-refractivity contribution in [1.29, 1.82) is 0 Å². The Morgan fingerprint density at radius 3 is 2.00 bits per heavy atom. The zero-order valence-corrected chi connectivity index (χ0v) is 11.9. The molecule has 0 aliphatic carbocycles. The van der Waals surface area contributed by atoms with E-state index < -0.39 is 10.1 Å². The molecule has 0 aliphatic heterocycles. The summed E-state index contributed by atoms with van der Waals surface area (Å²) in [5.74, 6) is 6.48. The molecule has 6 nitrogen and oxygen atoms in total. The van der Waals surface area contributed by atoms with Crippen LogP contribution in [-0.4, -0.2) is 17.6 Å². The molecule has 0 aliphatic rings. The molecular formula is C12H17N3O3S. The van der Waals surface area contributed by atoms with Gasteiger partial charge in [-0.2, -0.15) is 0 Å². The van der Waals surface area contributed by atoms with Gasteiger partial charge in [-0.05, 0) is 19.1 Å². The highest BCUT2D eigenvalue weighted by molar-refractivity contribution is 7.85. The van der Waals surface area contributed by atoms with E-state index in [-0.39, 0.29) is 4.90 Å². The Labute approximate surface area is 112 Å². The molecular weight excluding hydrogens is 266 g/mol. The van der Waals surface area contributed by atoms with Gasteiger partial charge in [0.15, 0.2) is 6.20 Å². The smallest absolute Gasteiger partial charge is 0.276 e. The molecule has 1 heterocycles. The molecule has 1 aromatic carbocycles. The van der Waals surface area contributed by atoms with Gasteiger partial charge in [0.1, 0.15) is 16.3 Å². The van der Waals surface area contributed by atoms with E-state index in [1.54, 1.807) is 16.8 Å². The molecule has 0 spiro atoms. The van der Waals surface area contributed by atoms with Crippen LogP contribution in [0, 0.1) is 13.8 Å². The van der Waals surface area contributed by atoms with Crippen LogP contribution in [0.4, 0.5) is 0 Å². The second-order valence-electron chi connectivity index (χ2n) is 4.13. The highest BCUT2D eigenvalue weighted by atomic mass is 32.2. The van der Waals surface area contributed by atoms with Gasteiger partial charge in [-0.15, -0.1) is 4.68 Å². The van der Waals surface area contributed by atoms with E-state index in [1.807, 2.05) is 37.9 Å². The normalized spacial score (nSPS) is 10.7. The summed E-state index contributed by atoms with van der Waals surface area (Å²) in [6.07, 6.45) is 3.73. The molecule has 0 fully saturated rings. The van der Waals surface area contributed by atoms with Crippen molar-refractivity contribution in [2.75, 3.05) is 5.84 Å². The minimum Gasteiger partial charge on any atom is -0.744 e. The summed E-state index contributed by atoms with van der Waals surface area (Å²) in [5, 5.41) is 0. The van der Waals surface area contributed by atoms with Crippen LogP contribution in [0.5, 0.6) is 0 Å². The number of benzene rings is 1. The molecule has 0 saturated heterocycles. The van der Waals surface area contributed by atoms with Gasteiger partial charge in [0.2, 0.25) is 0 Å². The van der Waals surface area contributed by atoms with Crippen LogP contribution in [-0.2, 0) is 17.2 Å². The predicted molar refractivity (Wildman–Crippen MR) is 69.6 cm³/mol. The number of rotatable bonds is 1. The Morgan fingerprint density at radius 2 is 1.74 bits per heavy atom. The maximum Gasteiger partial charge on any atom is 0.276 e. The van der Waals surface area contributed by atoms with Crippen LogP contribution < -0.4 is 10.4 Å². The molecule has 2 aromatic rings. The lowest BCUT2D eigenvalue weighted by atomic mass is 10.2. The van der Waals surface area contributed by atoms with Crippen LogP contribution in [0.3, 0.4) is 0 Å². The van der Waals surface area contributed by atoms with E-state index >= 15 is 0 Å². The standard InChI is InChI=1S/C7H8O3S.C5H10N3/c1-6-2-4-7(5-3-6)11(8,9)10;1-5-7(2)3-4-8(5)6/h2-5H,1H3,(H,8,9,10);3-4H,6H2,1-2H3/q;+1/p-1. The molecule has 1 aromatic heterocycles. The highest BCUT2D eigenvalue weighted by Crippen LogP contribution is 2.08. The average molecular weight is 283 g/mol. The summed E-state index contributed by atoms with van der Waals surface area (Å²) in [5.41, 5.74) is 0.928. The fourth-order valence-electron chi connectivity index (χ4n) is 1.27. The minimum absolute atomic E-state index is 0.178. The molecule has 2 N–H and O–H groups in total. The average Bonchev–Trinajstić information content (AvgIpc) is 2.61. The molecule has 0 radical (unpaired) electrons. The van der Waals surface area contributed by atoms with Gasteiger partial charge in [-0.1, -0.05) is 17.7 Å². The van der Waals surface area contributed by atoms with Crippen molar-refractivity contribution >= 4 is 10.1 Å². The molecule has 0 amide bonds. The van der Waals surface area contributed by atoms with Crippen LogP contribution >= 0.6 is 0 Å². The highest BCUT2D eigenvalue weighted by Gasteiger charge is 2.02. The fourth-order valence-corrected chi connectivity index (χ4v) is 1.74. The van der Waals surface area contributed by atoms with Gasteiger partial charge in [-0.3, -0.25) is 5.84 Å². The van der Waals surface area contributed by atoms with Gasteiger partial charge < -0.3 is 4.55 Å². The van der Waals surface area contributed by atoms with Crippen molar-refractivity contribution in [1.82, 2.24) is 4.68 Å². The molecule has 19 heavy (non-hydrogen) atoms. The monoisotopic (exact) mass is 283 g/mol. The number of nitrogens with zero attached hydrogens (tertiary/aromatic N) is 2. The van der Waals surface area contributed by atoms with E-state index in [1.165, 1.54) is 12.1 Å². The summed E-state index contributed by atoms with van der Waals surface area (Å²) in [7, 11) is -2.31. The van der Waals surface area contributed by atoms with E-state index in [2.05, 4.69) is 0 Å². The van der Waals surface area contributed by atoms with Gasteiger partial charge in [0, 0.05) is 6.92 Å². The molecule has 0 bridgehead atoms. The minimum atomic E-state index is -4.27. The first-order valence-corrected chi connectivity index (χ1v) is 6.94. The van der Waals surface area contributed by atoms with Gasteiger partial charge in [0.05, 0.1) is 11.9 Å². The fraction of sp³-hybridized carbons (Fsp3) is 0.250. The maximum atomic E-state index is 10.4. The summed E-state index contributed by atoms with van der Waals surface area (Å²) < 4.78 is 34.7. The lowest BCUT2D eigenvalue weighted by Crippen LogP contribution is -2.31. The van der Waals surface area contributed by atoms with Crippen LogP contribution in [0.25, 0.3) is 0 Å². The zero-order valence-electron chi connectivity index (χ0n) is 11.1. The van der Waals surface area contributed by atoms with Crippen LogP contribution in [0.15, 0.2) is 41.6 Å². The molecule has 2 rings (SSSR count). The van der Waals surface area contributed by atoms with Gasteiger partial charge >= 0.3 is 0 Å². The topological polar surface area (TPSA) is 92.0 Å². The van der Waals surface area contributed by atoms with Crippen molar-refractivity contribution in [2.45, 2.75) is 18.7 Å². The number of aryl methyl sites for hydroxylation is 2. The summed E-state index contributed by atoms with van der Waals surface area (Å²) >= 11 is 0. The second-order valence-corrected chi connectivity index (χ2v) is 5.51. The molecule has 104 valence electrons. The van der Waals surface area contributed by atoms with E-state index in [0.29, 0.717) is 0 Å². The van der Waals surface area contributed by atoms with Crippen molar-refractivity contribution < 1.29 is 17.5 Å². The Kier molecular flexibility index (Phi) is 4.68. The maximum absolute atomic E-state index is 10.4. The van der Waals surface area contributed by atoms with E-state index in [9.17, 15) is 13.0 Å². The van der Waals surface area contributed by atoms with Gasteiger partial charge in [0.25, 0.3) is 5.82 Å². The van der Waals surface area contributed by atoms with Crippen LogP contribution in [0.2, 0.25) is 0 Å². The van der Waals surface area contributed by atoms with E-state index in [4.69, 9.17) is 5.84 Å². The van der Waals surface area contributed by atoms with Crippen LogP contribution in [0.1, 0.15) is 11.4 Å². The summed E-state index contributed by atoms with van der Waals surface area (Å²) in [6, 6.07) is 5.78. The lowest BCUT2D eigenvalue weighted by Gasteiger charge is -2.05. The summed E-state index contributed by atoms with van der Waals surface area (Å²) in [4.78, 5) is -0.178. The Balaban J connectivity index is 0.000000200. The number of aromatic nitrogens is 2. The third-order valence-corrected chi connectivity index (χ3v) is 3.49. The number of imidazole rings is 1. The summed E-state index contributed by atoms with van der Waals surface area (Å²) in [6.45, 7) is 3.78. The Morgan fingerprint density at radius 1 is 1.21 bits per heavy atom. The van der Waals surface area contributed by atoms with Crippen molar-refractivity contribution in [3.8, 4) is 0 Å². The Bertz CT molecular complexity index is 626. The largest absolute Gasteiger partial charge is 0.744 e. The first-order valence-electron chi connectivity index (χ1n) is 5.53. The zero-order chi connectivity index (χ0) is 14.6. The number of nitrogens with two attached hydrogens (primary N) is 1. The molecule has 7 heteroatoms. The van der Waals surface area contributed by atoms with E-state index in [0.717, 1.165) is 11.4 Å². The molecule has 0 saturated carbocycles. The lowest BCUT2D eigenvalue weighted by molar-refractivity contribution is -0.677. The number of hydrogen-bond donors (Lipinski definition) is 1. The predicted octanol–water partition coefficient (Wildman–Crippen LogP) is 0.234. The Hall–Kier alpha value is -1.86. The first-order chi connectivity index (χ1) is 8.71. The van der Waals surface area contributed by atoms with Crippen molar-refractivity contribution in [3.63, 3.8) is 0 Å². The number of hydrogen-bond acceptors (Lipinski definition) is 4. The quantitative estimate of drug-likeness (QED) is 0.461.